The number of rotatable bonds is 8. The molecular weight excluding hydrogens is 396 g/mol. The zero-order valence-corrected chi connectivity index (χ0v) is 17.9. The van der Waals surface area contributed by atoms with Crippen molar-refractivity contribution >= 4 is 17.7 Å². The summed E-state index contributed by atoms with van der Waals surface area (Å²) in [5.74, 6) is -0.767. The zero-order chi connectivity index (χ0) is 21.8. The molecule has 0 saturated carbocycles. The van der Waals surface area contributed by atoms with Crippen LogP contribution in [0, 0.1) is 0 Å². The smallest absolute Gasteiger partial charge is 0.255 e. The lowest BCUT2D eigenvalue weighted by atomic mass is 10.0. The molecule has 4 N–H and O–H groups in total. The molecule has 9 heteroatoms. The van der Waals surface area contributed by atoms with E-state index >= 15 is 0 Å². The predicted octanol–water partition coefficient (Wildman–Crippen LogP) is -0.886. The lowest BCUT2D eigenvalue weighted by molar-refractivity contribution is -0.136. The third-order valence-electron chi connectivity index (χ3n) is 6.43. The first-order valence-electron chi connectivity index (χ1n) is 11.2. The van der Waals surface area contributed by atoms with Crippen LogP contribution in [-0.2, 0) is 22.7 Å². The van der Waals surface area contributed by atoms with E-state index in [1.54, 1.807) is 4.90 Å². The fourth-order valence-corrected chi connectivity index (χ4v) is 4.63. The third-order valence-corrected chi connectivity index (χ3v) is 6.43. The summed E-state index contributed by atoms with van der Waals surface area (Å²) in [4.78, 5) is 42.8. The highest BCUT2D eigenvalue weighted by molar-refractivity contribution is 6.05. The van der Waals surface area contributed by atoms with Crippen LogP contribution < -0.4 is 16.4 Å². The van der Waals surface area contributed by atoms with Gasteiger partial charge in [0, 0.05) is 77.4 Å². The minimum Gasteiger partial charge on any atom is -0.329 e. The first kappa shape index (κ1) is 21.9. The van der Waals surface area contributed by atoms with Crippen molar-refractivity contribution < 1.29 is 14.4 Å². The van der Waals surface area contributed by atoms with Crippen LogP contribution >= 0.6 is 0 Å². The van der Waals surface area contributed by atoms with Gasteiger partial charge in [-0.05, 0) is 23.6 Å². The van der Waals surface area contributed by atoms with Crippen molar-refractivity contribution in [1.29, 1.82) is 0 Å². The van der Waals surface area contributed by atoms with Crippen LogP contribution in [0.1, 0.15) is 34.3 Å². The molecule has 3 aliphatic rings. The van der Waals surface area contributed by atoms with Crippen molar-refractivity contribution in [2.24, 2.45) is 5.73 Å². The average molecular weight is 429 g/mol. The number of amides is 3. The van der Waals surface area contributed by atoms with Gasteiger partial charge < -0.3 is 16.0 Å². The van der Waals surface area contributed by atoms with Gasteiger partial charge in [0.2, 0.25) is 11.8 Å². The average Bonchev–Trinajstić information content (AvgIpc) is 3.08. The van der Waals surface area contributed by atoms with Gasteiger partial charge in [-0.1, -0.05) is 12.1 Å². The molecule has 3 aliphatic heterocycles. The summed E-state index contributed by atoms with van der Waals surface area (Å²) in [5.41, 5.74) is 8.36. The number of nitrogens with two attached hydrogens (primary N) is 1. The van der Waals surface area contributed by atoms with E-state index in [4.69, 9.17) is 5.73 Å². The number of hydrogen-bond acceptors (Lipinski definition) is 7. The highest BCUT2D eigenvalue weighted by Gasteiger charge is 2.39. The minimum atomic E-state index is -0.565. The molecule has 1 unspecified atom stereocenters. The minimum absolute atomic E-state index is 0.127. The molecule has 0 aliphatic carbocycles. The molecule has 4 rings (SSSR count). The normalized spacial score (nSPS) is 22.7. The Morgan fingerprint density at radius 3 is 2.52 bits per heavy atom. The first-order valence-corrected chi connectivity index (χ1v) is 11.2. The van der Waals surface area contributed by atoms with Crippen molar-refractivity contribution in [3.63, 3.8) is 0 Å². The second-order valence-corrected chi connectivity index (χ2v) is 8.54. The van der Waals surface area contributed by atoms with Gasteiger partial charge >= 0.3 is 0 Å². The Labute approximate surface area is 182 Å². The highest BCUT2D eigenvalue weighted by Crippen LogP contribution is 2.28. The van der Waals surface area contributed by atoms with Crippen LogP contribution in [0.5, 0.6) is 0 Å². The maximum Gasteiger partial charge on any atom is 0.255 e. The summed E-state index contributed by atoms with van der Waals surface area (Å²) in [7, 11) is 0. The number of piperidine rings is 1. The summed E-state index contributed by atoms with van der Waals surface area (Å²) in [6, 6.07) is 5.32. The molecule has 3 amide bonds. The molecule has 2 fully saturated rings. The molecule has 0 radical (unpaired) electrons. The highest BCUT2D eigenvalue weighted by atomic mass is 16.2. The molecule has 0 aromatic heterocycles. The molecule has 31 heavy (non-hydrogen) atoms. The zero-order valence-electron chi connectivity index (χ0n) is 17.9. The van der Waals surface area contributed by atoms with Gasteiger partial charge in [-0.15, -0.1) is 0 Å². The van der Waals surface area contributed by atoms with Gasteiger partial charge in [-0.2, -0.15) is 0 Å². The maximum atomic E-state index is 12.8. The first-order chi connectivity index (χ1) is 15.0. The number of benzene rings is 1. The van der Waals surface area contributed by atoms with E-state index in [9.17, 15) is 14.4 Å². The Balaban J connectivity index is 1.24. The van der Waals surface area contributed by atoms with E-state index < -0.39 is 6.04 Å². The Bertz CT molecular complexity index is 837. The third kappa shape index (κ3) is 5.12. The largest absolute Gasteiger partial charge is 0.329 e. The fourth-order valence-electron chi connectivity index (χ4n) is 4.63. The molecule has 1 aromatic carbocycles. The predicted molar refractivity (Wildman–Crippen MR) is 116 cm³/mol. The van der Waals surface area contributed by atoms with Crippen LogP contribution in [0.2, 0.25) is 0 Å². The van der Waals surface area contributed by atoms with E-state index in [2.05, 4.69) is 26.5 Å². The molecule has 0 bridgehead atoms. The Kier molecular flexibility index (Phi) is 6.96. The quantitative estimate of drug-likeness (QED) is 0.364. The summed E-state index contributed by atoms with van der Waals surface area (Å²) >= 11 is 0. The van der Waals surface area contributed by atoms with Gasteiger partial charge in [0.15, 0.2) is 0 Å². The number of carbonyl (C=O) groups excluding carboxylic acids is 3. The van der Waals surface area contributed by atoms with Crippen LogP contribution in [-0.4, -0.2) is 90.8 Å². The van der Waals surface area contributed by atoms with E-state index in [-0.39, 0.29) is 24.1 Å². The lowest BCUT2D eigenvalue weighted by Crippen LogP contribution is -2.52. The van der Waals surface area contributed by atoms with Gasteiger partial charge in [-0.25, -0.2) is 0 Å². The van der Waals surface area contributed by atoms with Crippen LogP contribution in [0.25, 0.3) is 0 Å². The monoisotopic (exact) mass is 428 g/mol. The standard InChI is InChI=1S/C22H32N6O3/c23-5-7-26-9-11-27(12-10-26)8-6-24-14-16-1-2-18-17(13-16)15-28(22(18)31)19-3-4-20(29)25-21(19)30/h1-2,13,19,24H,3-12,14-15,23H2,(H,25,29,30). The van der Waals surface area contributed by atoms with E-state index in [0.29, 0.717) is 18.5 Å². The fraction of sp³-hybridized carbons (Fsp3) is 0.591. The molecule has 2 saturated heterocycles. The van der Waals surface area contributed by atoms with Crippen molar-refractivity contribution in [1.82, 2.24) is 25.3 Å². The second-order valence-electron chi connectivity index (χ2n) is 8.54. The number of fused-ring (bicyclic) bond motifs is 1. The SMILES string of the molecule is NCCN1CCN(CCNCc2ccc3c(c2)CN(C2CCC(=O)NC2=O)C3=O)CC1. The van der Waals surface area contributed by atoms with Crippen LogP contribution in [0.4, 0.5) is 0 Å². The number of hydrogen-bond donors (Lipinski definition) is 3. The van der Waals surface area contributed by atoms with Crippen LogP contribution in [0.15, 0.2) is 18.2 Å². The summed E-state index contributed by atoms with van der Waals surface area (Å²) in [6.07, 6.45) is 0.660. The van der Waals surface area contributed by atoms with Crippen LogP contribution in [0.3, 0.4) is 0 Å². The van der Waals surface area contributed by atoms with Gasteiger partial charge in [0.25, 0.3) is 5.91 Å². The molecule has 0 spiro atoms. The number of nitrogens with one attached hydrogen (secondary N) is 2. The van der Waals surface area contributed by atoms with Crippen molar-refractivity contribution in [2.75, 3.05) is 52.4 Å². The van der Waals surface area contributed by atoms with Gasteiger partial charge in [0.1, 0.15) is 6.04 Å². The molecular formula is C22H32N6O3. The molecule has 168 valence electrons. The van der Waals surface area contributed by atoms with Gasteiger partial charge in [-0.3, -0.25) is 29.5 Å². The second kappa shape index (κ2) is 9.86. The summed E-state index contributed by atoms with van der Waals surface area (Å²) < 4.78 is 0. The lowest BCUT2D eigenvalue weighted by Gasteiger charge is -2.34. The summed E-state index contributed by atoms with van der Waals surface area (Å²) in [6.45, 7) is 9.12. The van der Waals surface area contributed by atoms with E-state index in [1.165, 1.54) is 0 Å². The molecule has 9 nitrogen and oxygen atoms in total. The van der Waals surface area contributed by atoms with E-state index in [0.717, 1.165) is 70.0 Å². The Morgan fingerprint density at radius 2 is 1.81 bits per heavy atom. The Morgan fingerprint density at radius 1 is 1.06 bits per heavy atom. The maximum absolute atomic E-state index is 12.8. The molecule has 1 aromatic rings. The number of piperazine rings is 1. The number of carbonyl (C=O) groups is 3. The Hall–Kier alpha value is -2.33. The van der Waals surface area contributed by atoms with Gasteiger partial charge in [0.05, 0.1) is 0 Å². The summed E-state index contributed by atoms with van der Waals surface area (Å²) in [5, 5.41) is 5.84. The van der Waals surface area contributed by atoms with Crippen molar-refractivity contribution in [3.05, 3.63) is 34.9 Å². The van der Waals surface area contributed by atoms with E-state index in [1.807, 2.05) is 12.1 Å². The number of imide groups is 1. The van der Waals surface area contributed by atoms with Crippen molar-refractivity contribution in [2.45, 2.75) is 32.0 Å². The molecule has 1 atom stereocenters. The topological polar surface area (TPSA) is 111 Å². The molecule has 3 heterocycles. The number of nitrogens with zero attached hydrogens (tertiary/aromatic N) is 3. The van der Waals surface area contributed by atoms with Crippen molar-refractivity contribution in [3.8, 4) is 0 Å².